The number of rotatable bonds is 3. The van der Waals surface area contributed by atoms with E-state index in [-0.39, 0.29) is 17.6 Å². The summed E-state index contributed by atoms with van der Waals surface area (Å²) in [6.45, 7) is 0. The molecule has 1 aliphatic carbocycles. The fourth-order valence-corrected chi connectivity index (χ4v) is 1.98. The van der Waals surface area contributed by atoms with Crippen molar-refractivity contribution in [1.29, 1.82) is 0 Å². The standard InChI is InChI=1S/C9H12N4O3/c14-8(7-4-10-13-12-7)11-6-3-1-2-5(6)9(15)16/h4-6H,1-3H2,(H,11,14)(H,15,16)(H,10,12,13). The van der Waals surface area contributed by atoms with Gasteiger partial charge in [0.25, 0.3) is 5.91 Å². The van der Waals surface area contributed by atoms with Crippen LogP contribution in [0.2, 0.25) is 0 Å². The van der Waals surface area contributed by atoms with Gasteiger partial charge in [0.1, 0.15) is 0 Å². The van der Waals surface area contributed by atoms with E-state index in [1.54, 1.807) is 0 Å². The molecule has 0 spiro atoms. The Morgan fingerprint density at radius 3 is 2.94 bits per heavy atom. The first kappa shape index (κ1) is 10.6. The van der Waals surface area contributed by atoms with Gasteiger partial charge in [-0.05, 0) is 12.8 Å². The summed E-state index contributed by atoms with van der Waals surface area (Å²) < 4.78 is 0. The molecular formula is C9H12N4O3. The average Bonchev–Trinajstić information content (AvgIpc) is 2.86. The maximum Gasteiger partial charge on any atom is 0.308 e. The highest BCUT2D eigenvalue weighted by atomic mass is 16.4. The predicted molar refractivity (Wildman–Crippen MR) is 52.6 cm³/mol. The largest absolute Gasteiger partial charge is 0.481 e. The molecule has 0 bridgehead atoms. The molecule has 1 aromatic rings. The van der Waals surface area contributed by atoms with Crippen molar-refractivity contribution in [3.05, 3.63) is 11.9 Å². The van der Waals surface area contributed by atoms with Crippen molar-refractivity contribution < 1.29 is 14.7 Å². The molecular weight excluding hydrogens is 212 g/mol. The van der Waals surface area contributed by atoms with Crippen LogP contribution in [-0.4, -0.2) is 38.4 Å². The molecule has 2 atom stereocenters. The Balaban J connectivity index is 1.99. The van der Waals surface area contributed by atoms with Gasteiger partial charge in [-0.25, -0.2) is 0 Å². The topological polar surface area (TPSA) is 108 Å². The lowest BCUT2D eigenvalue weighted by Crippen LogP contribution is -2.40. The molecule has 0 aliphatic heterocycles. The number of amides is 1. The first-order valence-corrected chi connectivity index (χ1v) is 5.08. The van der Waals surface area contributed by atoms with Gasteiger partial charge in [-0.15, -0.1) is 0 Å². The van der Waals surface area contributed by atoms with Crippen molar-refractivity contribution in [2.75, 3.05) is 0 Å². The molecule has 0 radical (unpaired) electrons. The first-order chi connectivity index (χ1) is 7.68. The third-order valence-electron chi connectivity index (χ3n) is 2.80. The summed E-state index contributed by atoms with van der Waals surface area (Å²) in [6.07, 6.45) is 3.43. The van der Waals surface area contributed by atoms with Gasteiger partial charge in [-0.1, -0.05) is 6.42 Å². The van der Waals surface area contributed by atoms with E-state index in [0.717, 1.165) is 6.42 Å². The lowest BCUT2D eigenvalue weighted by Gasteiger charge is -2.16. The van der Waals surface area contributed by atoms with Gasteiger partial charge in [0, 0.05) is 6.04 Å². The predicted octanol–water partition coefficient (Wildman–Crippen LogP) is -0.212. The number of hydrogen-bond acceptors (Lipinski definition) is 4. The number of nitrogens with one attached hydrogen (secondary N) is 2. The quantitative estimate of drug-likeness (QED) is 0.658. The molecule has 2 unspecified atom stereocenters. The van der Waals surface area contributed by atoms with Gasteiger partial charge in [0.05, 0.1) is 12.1 Å². The molecule has 1 fully saturated rings. The zero-order valence-corrected chi connectivity index (χ0v) is 8.51. The van der Waals surface area contributed by atoms with Crippen molar-refractivity contribution in [3.63, 3.8) is 0 Å². The molecule has 16 heavy (non-hydrogen) atoms. The molecule has 7 heteroatoms. The van der Waals surface area contributed by atoms with Crippen LogP contribution < -0.4 is 5.32 Å². The molecule has 2 rings (SSSR count). The van der Waals surface area contributed by atoms with Gasteiger partial charge in [-0.2, -0.15) is 15.4 Å². The Morgan fingerprint density at radius 2 is 2.31 bits per heavy atom. The third-order valence-corrected chi connectivity index (χ3v) is 2.80. The number of carbonyl (C=O) groups excluding carboxylic acids is 1. The number of aliphatic carboxylic acids is 1. The average molecular weight is 224 g/mol. The van der Waals surface area contributed by atoms with E-state index in [2.05, 4.69) is 20.7 Å². The maximum absolute atomic E-state index is 11.6. The molecule has 1 amide bonds. The normalized spacial score (nSPS) is 24.2. The molecule has 1 aromatic heterocycles. The second kappa shape index (κ2) is 4.30. The van der Waals surface area contributed by atoms with E-state index in [4.69, 9.17) is 5.11 Å². The van der Waals surface area contributed by atoms with E-state index < -0.39 is 11.9 Å². The minimum Gasteiger partial charge on any atom is -0.481 e. The number of aromatic amines is 1. The van der Waals surface area contributed by atoms with Gasteiger partial charge in [0.15, 0.2) is 5.69 Å². The number of carboxylic acid groups (broad SMARTS) is 1. The third kappa shape index (κ3) is 2.02. The van der Waals surface area contributed by atoms with Gasteiger partial charge >= 0.3 is 5.97 Å². The van der Waals surface area contributed by atoms with Crippen LogP contribution in [0.15, 0.2) is 6.20 Å². The summed E-state index contributed by atoms with van der Waals surface area (Å²) in [5, 5.41) is 21.1. The maximum atomic E-state index is 11.6. The van der Waals surface area contributed by atoms with Crippen LogP contribution in [0.25, 0.3) is 0 Å². The Bertz CT molecular complexity index is 389. The highest BCUT2D eigenvalue weighted by Gasteiger charge is 2.34. The van der Waals surface area contributed by atoms with E-state index >= 15 is 0 Å². The van der Waals surface area contributed by atoms with Gasteiger partial charge in [0.2, 0.25) is 0 Å². The molecule has 1 aliphatic rings. The van der Waals surface area contributed by atoms with Crippen molar-refractivity contribution in [2.45, 2.75) is 25.3 Å². The SMILES string of the molecule is O=C(NC1CCCC1C(=O)O)c1cn[nH]n1. The van der Waals surface area contributed by atoms with Crippen molar-refractivity contribution in [2.24, 2.45) is 5.92 Å². The van der Waals surface area contributed by atoms with Crippen LogP contribution >= 0.6 is 0 Å². The number of hydrogen-bond donors (Lipinski definition) is 3. The van der Waals surface area contributed by atoms with Crippen LogP contribution in [0.1, 0.15) is 29.8 Å². The molecule has 0 aromatic carbocycles. The Morgan fingerprint density at radius 1 is 1.50 bits per heavy atom. The first-order valence-electron chi connectivity index (χ1n) is 5.08. The van der Waals surface area contributed by atoms with Crippen LogP contribution in [-0.2, 0) is 4.79 Å². The minimum atomic E-state index is -0.858. The zero-order chi connectivity index (χ0) is 11.5. The molecule has 1 saturated carbocycles. The Labute approximate surface area is 91.2 Å². The number of nitrogens with zero attached hydrogens (tertiary/aromatic N) is 2. The van der Waals surface area contributed by atoms with Crippen molar-refractivity contribution in [3.8, 4) is 0 Å². The molecule has 0 saturated heterocycles. The smallest absolute Gasteiger partial charge is 0.308 e. The summed E-state index contributed by atoms with van der Waals surface area (Å²) in [6, 6.07) is -0.304. The van der Waals surface area contributed by atoms with E-state index in [1.807, 2.05) is 0 Å². The van der Waals surface area contributed by atoms with Crippen molar-refractivity contribution in [1.82, 2.24) is 20.7 Å². The zero-order valence-electron chi connectivity index (χ0n) is 8.51. The lowest BCUT2D eigenvalue weighted by atomic mass is 10.0. The number of H-pyrrole nitrogens is 1. The highest BCUT2D eigenvalue weighted by Crippen LogP contribution is 2.25. The van der Waals surface area contributed by atoms with E-state index in [9.17, 15) is 9.59 Å². The van der Waals surface area contributed by atoms with E-state index in [1.165, 1.54) is 6.20 Å². The minimum absolute atomic E-state index is 0.177. The number of aromatic nitrogens is 3. The molecule has 86 valence electrons. The fraction of sp³-hybridized carbons (Fsp3) is 0.556. The second-order valence-corrected chi connectivity index (χ2v) is 3.81. The summed E-state index contributed by atoms with van der Waals surface area (Å²) >= 11 is 0. The second-order valence-electron chi connectivity index (χ2n) is 3.81. The molecule has 7 nitrogen and oxygen atoms in total. The summed E-state index contributed by atoms with van der Waals surface area (Å²) in [7, 11) is 0. The Kier molecular flexibility index (Phi) is 2.84. The number of carboxylic acids is 1. The highest BCUT2D eigenvalue weighted by molar-refractivity contribution is 5.92. The molecule has 3 N–H and O–H groups in total. The summed E-state index contributed by atoms with van der Waals surface area (Å²) in [5.74, 6) is -1.73. The Hall–Kier alpha value is -1.92. The summed E-state index contributed by atoms with van der Waals surface area (Å²) in [5.41, 5.74) is 0.177. The van der Waals surface area contributed by atoms with Crippen molar-refractivity contribution >= 4 is 11.9 Å². The monoisotopic (exact) mass is 224 g/mol. The lowest BCUT2D eigenvalue weighted by molar-refractivity contribution is -0.142. The van der Waals surface area contributed by atoms with Crippen LogP contribution in [0.4, 0.5) is 0 Å². The van der Waals surface area contributed by atoms with Crippen LogP contribution in [0.5, 0.6) is 0 Å². The fourth-order valence-electron chi connectivity index (χ4n) is 1.98. The number of carbonyl (C=O) groups is 2. The van der Waals surface area contributed by atoms with Gasteiger partial charge < -0.3 is 10.4 Å². The summed E-state index contributed by atoms with van der Waals surface area (Å²) in [4.78, 5) is 22.5. The van der Waals surface area contributed by atoms with Crippen LogP contribution in [0.3, 0.4) is 0 Å². The van der Waals surface area contributed by atoms with Gasteiger partial charge in [-0.3, -0.25) is 9.59 Å². The van der Waals surface area contributed by atoms with Crippen LogP contribution in [0, 0.1) is 5.92 Å². The molecule has 1 heterocycles. The van der Waals surface area contributed by atoms with E-state index in [0.29, 0.717) is 12.8 Å².